The number of benzene rings is 2. The Morgan fingerprint density at radius 2 is 1.69 bits per heavy atom. The number of sulfone groups is 1. The highest BCUT2D eigenvalue weighted by Crippen LogP contribution is 2.35. The van der Waals surface area contributed by atoms with Crippen LogP contribution in [-0.2, 0) is 16.9 Å². The Labute approximate surface area is 171 Å². The van der Waals surface area contributed by atoms with Crippen LogP contribution in [-0.4, -0.2) is 25.8 Å². The van der Waals surface area contributed by atoms with Crippen LogP contribution < -0.4 is 10.3 Å². The predicted octanol–water partition coefficient (Wildman–Crippen LogP) is 4.04. The van der Waals surface area contributed by atoms with Gasteiger partial charge in [0.2, 0.25) is 0 Å². The quantitative estimate of drug-likeness (QED) is 0.608. The van der Waals surface area contributed by atoms with Crippen LogP contribution in [0.1, 0.15) is 20.8 Å². The molecule has 1 aromatic heterocycles. The molecule has 152 valence electrons. The van der Waals surface area contributed by atoms with Gasteiger partial charge in [-0.3, -0.25) is 4.79 Å². The van der Waals surface area contributed by atoms with Crippen molar-refractivity contribution in [1.29, 1.82) is 0 Å². The fourth-order valence-electron chi connectivity index (χ4n) is 2.89. The highest BCUT2D eigenvalue weighted by atomic mass is 32.2. The number of pyridine rings is 1. The standard InChI is InChI=1S/C21H19NO4S.C2H6/c1-4-5-12-26-20-11-10-15(27(3,24)25)13-18(20)19-14-22(2)21(23)17-9-7-6-8-16(17)19;1-2/h6-11,13-14H,12H2,1-3H3;1-2H3. The van der Waals surface area contributed by atoms with Gasteiger partial charge in [0.25, 0.3) is 5.56 Å². The number of aromatic nitrogens is 1. The Morgan fingerprint density at radius 1 is 1.03 bits per heavy atom. The molecule has 0 saturated carbocycles. The maximum atomic E-state index is 12.5. The predicted molar refractivity (Wildman–Crippen MR) is 118 cm³/mol. The zero-order chi connectivity index (χ0) is 21.6. The molecule has 5 nitrogen and oxygen atoms in total. The van der Waals surface area contributed by atoms with Gasteiger partial charge in [0.15, 0.2) is 9.84 Å². The summed E-state index contributed by atoms with van der Waals surface area (Å²) < 4.78 is 31.4. The molecule has 3 rings (SSSR count). The summed E-state index contributed by atoms with van der Waals surface area (Å²) in [5.74, 6) is 6.10. The van der Waals surface area contributed by atoms with Crippen LogP contribution in [0.25, 0.3) is 21.9 Å². The first-order valence-corrected chi connectivity index (χ1v) is 11.2. The monoisotopic (exact) mass is 411 g/mol. The fraction of sp³-hybridized carbons (Fsp3) is 0.261. The SMILES string of the molecule is CC.CC#CCOc1ccc(S(C)(=O)=O)cc1-c1cn(C)c(=O)c2ccccc12. The highest BCUT2D eigenvalue weighted by molar-refractivity contribution is 7.90. The van der Waals surface area contributed by atoms with Crippen LogP contribution in [0.4, 0.5) is 0 Å². The number of fused-ring (bicyclic) bond motifs is 1. The number of ether oxygens (including phenoxy) is 1. The Kier molecular flexibility index (Phi) is 7.24. The number of nitrogens with zero attached hydrogens (tertiary/aromatic N) is 1. The summed E-state index contributed by atoms with van der Waals surface area (Å²) >= 11 is 0. The van der Waals surface area contributed by atoms with Crippen molar-refractivity contribution in [2.75, 3.05) is 12.9 Å². The van der Waals surface area contributed by atoms with Gasteiger partial charge in [0.1, 0.15) is 12.4 Å². The molecule has 1 heterocycles. The summed E-state index contributed by atoms with van der Waals surface area (Å²) in [5, 5.41) is 1.29. The second-order valence-electron chi connectivity index (χ2n) is 6.15. The van der Waals surface area contributed by atoms with Crippen molar-refractivity contribution < 1.29 is 13.2 Å². The number of rotatable bonds is 4. The van der Waals surface area contributed by atoms with E-state index in [1.165, 1.54) is 10.6 Å². The van der Waals surface area contributed by atoms with Crippen LogP contribution in [0, 0.1) is 11.8 Å². The van der Waals surface area contributed by atoms with Crippen molar-refractivity contribution >= 4 is 20.6 Å². The van der Waals surface area contributed by atoms with Gasteiger partial charge in [0, 0.05) is 36.0 Å². The van der Waals surface area contributed by atoms with Gasteiger partial charge in [0.05, 0.1) is 4.90 Å². The van der Waals surface area contributed by atoms with Crippen molar-refractivity contribution in [1.82, 2.24) is 4.57 Å². The van der Waals surface area contributed by atoms with Crippen molar-refractivity contribution in [3.63, 3.8) is 0 Å². The molecule has 0 aliphatic rings. The minimum Gasteiger partial charge on any atom is -0.480 e. The molecular weight excluding hydrogens is 386 g/mol. The van der Waals surface area contributed by atoms with Crippen molar-refractivity contribution in [2.24, 2.45) is 7.05 Å². The van der Waals surface area contributed by atoms with Crippen molar-refractivity contribution in [3.8, 4) is 28.7 Å². The topological polar surface area (TPSA) is 65.4 Å². The lowest BCUT2D eigenvalue weighted by Crippen LogP contribution is -2.16. The number of hydrogen-bond donors (Lipinski definition) is 0. The molecule has 3 aromatic rings. The van der Waals surface area contributed by atoms with Gasteiger partial charge in [-0.1, -0.05) is 38.0 Å². The fourth-order valence-corrected chi connectivity index (χ4v) is 3.54. The van der Waals surface area contributed by atoms with Crippen LogP contribution in [0.3, 0.4) is 0 Å². The molecule has 0 spiro atoms. The Balaban J connectivity index is 0.00000145. The molecule has 0 fully saturated rings. The smallest absolute Gasteiger partial charge is 0.258 e. The third-order valence-corrected chi connectivity index (χ3v) is 5.35. The van der Waals surface area contributed by atoms with Crippen molar-refractivity contribution in [2.45, 2.75) is 25.7 Å². The van der Waals surface area contributed by atoms with E-state index in [4.69, 9.17) is 4.74 Å². The Bertz CT molecular complexity index is 1250. The van der Waals surface area contributed by atoms with Gasteiger partial charge in [-0.2, -0.15) is 0 Å². The average molecular weight is 412 g/mol. The lowest BCUT2D eigenvalue weighted by atomic mass is 10.00. The Morgan fingerprint density at radius 3 is 2.31 bits per heavy atom. The van der Waals surface area contributed by atoms with E-state index >= 15 is 0 Å². The highest BCUT2D eigenvalue weighted by Gasteiger charge is 2.17. The van der Waals surface area contributed by atoms with E-state index in [0.29, 0.717) is 16.7 Å². The summed E-state index contributed by atoms with van der Waals surface area (Å²) in [4.78, 5) is 12.6. The van der Waals surface area contributed by atoms with Crippen LogP contribution in [0.5, 0.6) is 5.75 Å². The molecule has 0 unspecified atom stereocenters. The summed E-state index contributed by atoms with van der Waals surface area (Å²) in [5.41, 5.74) is 1.20. The molecule has 0 saturated heterocycles. The summed E-state index contributed by atoms with van der Waals surface area (Å²) in [7, 11) is -1.73. The third kappa shape index (κ3) is 4.87. The van der Waals surface area contributed by atoms with Crippen LogP contribution in [0.15, 0.2) is 58.4 Å². The second kappa shape index (κ2) is 9.44. The van der Waals surface area contributed by atoms with E-state index in [-0.39, 0.29) is 17.1 Å². The molecule has 0 aliphatic heterocycles. The molecular formula is C23H25NO4S. The molecule has 2 aromatic carbocycles. The first-order valence-electron chi connectivity index (χ1n) is 9.28. The van der Waals surface area contributed by atoms with E-state index in [2.05, 4.69) is 11.8 Å². The molecule has 0 N–H and O–H groups in total. The maximum absolute atomic E-state index is 12.5. The molecule has 0 radical (unpaired) electrons. The van der Waals surface area contributed by atoms with E-state index in [1.54, 1.807) is 44.4 Å². The molecule has 29 heavy (non-hydrogen) atoms. The average Bonchev–Trinajstić information content (AvgIpc) is 2.72. The summed E-state index contributed by atoms with van der Waals surface area (Å²) in [6.45, 7) is 5.91. The largest absolute Gasteiger partial charge is 0.480 e. The molecule has 6 heteroatoms. The molecule has 0 atom stereocenters. The molecule has 0 bridgehead atoms. The lowest BCUT2D eigenvalue weighted by molar-refractivity contribution is 0.371. The van der Waals surface area contributed by atoms with Gasteiger partial charge in [-0.25, -0.2) is 8.42 Å². The maximum Gasteiger partial charge on any atom is 0.258 e. The minimum atomic E-state index is -3.40. The van der Waals surface area contributed by atoms with E-state index in [9.17, 15) is 13.2 Å². The van der Waals surface area contributed by atoms with Crippen LogP contribution >= 0.6 is 0 Å². The van der Waals surface area contributed by atoms with Crippen LogP contribution in [0.2, 0.25) is 0 Å². The molecule has 0 amide bonds. The summed E-state index contributed by atoms with van der Waals surface area (Å²) in [6.07, 6.45) is 2.86. The zero-order valence-electron chi connectivity index (χ0n) is 17.3. The second-order valence-corrected chi connectivity index (χ2v) is 8.17. The lowest BCUT2D eigenvalue weighted by Gasteiger charge is -2.15. The number of aryl methyl sites for hydroxylation is 1. The number of hydrogen-bond acceptors (Lipinski definition) is 4. The van der Waals surface area contributed by atoms with Gasteiger partial charge in [-0.15, -0.1) is 5.92 Å². The van der Waals surface area contributed by atoms with Gasteiger partial charge < -0.3 is 9.30 Å². The third-order valence-electron chi connectivity index (χ3n) is 4.24. The minimum absolute atomic E-state index is 0.118. The van der Waals surface area contributed by atoms with E-state index in [1.807, 2.05) is 26.0 Å². The van der Waals surface area contributed by atoms with Gasteiger partial charge >= 0.3 is 0 Å². The van der Waals surface area contributed by atoms with Gasteiger partial charge in [-0.05, 0) is 36.6 Å². The first-order chi connectivity index (χ1) is 13.8. The Hall–Kier alpha value is -3.04. The van der Waals surface area contributed by atoms with Crippen molar-refractivity contribution in [3.05, 3.63) is 59.0 Å². The zero-order valence-corrected chi connectivity index (χ0v) is 18.1. The van der Waals surface area contributed by atoms with E-state index < -0.39 is 9.84 Å². The summed E-state index contributed by atoms with van der Waals surface area (Å²) in [6, 6.07) is 12.0. The van der Waals surface area contributed by atoms with E-state index in [0.717, 1.165) is 17.2 Å². The molecule has 0 aliphatic carbocycles. The normalized spacial score (nSPS) is 10.5. The first kappa shape index (κ1) is 22.3.